The first-order valence-electron chi connectivity index (χ1n) is 9.49. The predicted octanol–water partition coefficient (Wildman–Crippen LogP) is 2.26. The van der Waals surface area contributed by atoms with E-state index in [1.54, 1.807) is 7.05 Å². The number of rotatable bonds is 5. The zero-order valence-corrected chi connectivity index (χ0v) is 19.2. The molecule has 0 saturated heterocycles. The van der Waals surface area contributed by atoms with Crippen molar-refractivity contribution >= 4 is 29.9 Å². The smallest absolute Gasteiger partial charge is 0.191 e. The van der Waals surface area contributed by atoms with Gasteiger partial charge in [-0.15, -0.1) is 24.0 Å². The van der Waals surface area contributed by atoms with E-state index < -0.39 is 0 Å². The monoisotopic (exact) mass is 486 g/mol. The van der Waals surface area contributed by atoms with E-state index >= 15 is 0 Å². The molecule has 2 aromatic heterocycles. The lowest BCUT2D eigenvalue weighted by Crippen LogP contribution is -2.41. The molecule has 0 radical (unpaired) electrons. The Morgan fingerprint density at radius 3 is 2.70 bits per heavy atom. The van der Waals surface area contributed by atoms with Gasteiger partial charge in [0, 0.05) is 38.4 Å². The van der Waals surface area contributed by atoms with E-state index in [0.29, 0.717) is 0 Å². The van der Waals surface area contributed by atoms with Gasteiger partial charge in [-0.2, -0.15) is 10.2 Å². The molecule has 0 spiro atoms. The van der Waals surface area contributed by atoms with Crippen molar-refractivity contribution in [3.05, 3.63) is 28.6 Å². The van der Waals surface area contributed by atoms with Crippen molar-refractivity contribution < 1.29 is 0 Å². The number of hydrogen-bond acceptors (Lipinski definition) is 4. The third kappa shape index (κ3) is 4.61. The molecule has 0 saturated carbocycles. The van der Waals surface area contributed by atoms with Crippen LogP contribution in [0.15, 0.2) is 4.99 Å². The molecule has 0 aliphatic carbocycles. The van der Waals surface area contributed by atoms with E-state index in [2.05, 4.69) is 44.7 Å². The van der Waals surface area contributed by atoms with Crippen LogP contribution in [0.4, 0.5) is 0 Å². The van der Waals surface area contributed by atoms with Gasteiger partial charge >= 0.3 is 0 Å². The highest BCUT2D eigenvalue weighted by Crippen LogP contribution is 2.23. The lowest BCUT2D eigenvalue weighted by molar-refractivity contribution is 0.397. The molecule has 2 aromatic rings. The summed E-state index contributed by atoms with van der Waals surface area (Å²) < 4.78 is 4.01. The highest BCUT2D eigenvalue weighted by Gasteiger charge is 2.24. The van der Waals surface area contributed by atoms with Crippen molar-refractivity contribution in [3.63, 3.8) is 0 Å². The Morgan fingerprint density at radius 1 is 1.26 bits per heavy atom. The molecule has 150 valence electrons. The second-order valence-electron chi connectivity index (χ2n) is 6.71. The molecule has 0 aromatic carbocycles. The average molecular weight is 486 g/mol. The Labute approximate surface area is 178 Å². The summed E-state index contributed by atoms with van der Waals surface area (Å²) in [4.78, 5) is 8.99. The van der Waals surface area contributed by atoms with Crippen LogP contribution < -0.4 is 10.6 Å². The second-order valence-corrected chi connectivity index (χ2v) is 6.71. The van der Waals surface area contributed by atoms with Crippen LogP contribution in [0.5, 0.6) is 0 Å². The molecular weight excluding hydrogens is 455 g/mol. The van der Waals surface area contributed by atoms with Gasteiger partial charge in [0.2, 0.25) is 0 Å². The molecule has 1 aliphatic rings. The summed E-state index contributed by atoms with van der Waals surface area (Å²) in [5.41, 5.74) is 3.71. The van der Waals surface area contributed by atoms with Gasteiger partial charge in [0.25, 0.3) is 0 Å². The van der Waals surface area contributed by atoms with Crippen molar-refractivity contribution in [2.45, 2.75) is 65.6 Å². The van der Waals surface area contributed by atoms with Crippen LogP contribution in [0.1, 0.15) is 61.3 Å². The first kappa shape index (κ1) is 21.6. The van der Waals surface area contributed by atoms with E-state index in [-0.39, 0.29) is 30.0 Å². The van der Waals surface area contributed by atoms with Crippen LogP contribution in [-0.2, 0) is 33.0 Å². The number of aryl methyl sites for hydroxylation is 4. The molecule has 0 fully saturated rings. The highest BCUT2D eigenvalue weighted by atomic mass is 127. The molecule has 1 aliphatic heterocycles. The fraction of sp³-hybridized carbons (Fsp3) is 0.667. The minimum Gasteiger partial charge on any atom is -0.352 e. The number of nitrogens with zero attached hydrogens (tertiary/aromatic N) is 6. The van der Waals surface area contributed by atoms with Crippen LogP contribution in [0.2, 0.25) is 0 Å². The van der Waals surface area contributed by atoms with Gasteiger partial charge < -0.3 is 10.6 Å². The quantitative estimate of drug-likeness (QED) is 0.385. The fourth-order valence-corrected chi connectivity index (χ4v) is 3.73. The lowest BCUT2D eigenvalue weighted by Gasteiger charge is -2.25. The number of hydrogen-bond donors (Lipinski definition) is 2. The molecule has 9 heteroatoms. The van der Waals surface area contributed by atoms with E-state index in [9.17, 15) is 0 Å². The minimum absolute atomic E-state index is 0. The van der Waals surface area contributed by atoms with Crippen LogP contribution in [0.3, 0.4) is 0 Å². The van der Waals surface area contributed by atoms with Crippen LogP contribution >= 0.6 is 24.0 Å². The van der Waals surface area contributed by atoms with E-state index in [1.807, 2.05) is 23.3 Å². The molecule has 1 atom stereocenters. The molecule has 0 amide bonds. The summed E-state index contributed by atoms with van der Waals surface area (Å²) >= 11 is 0. The molecule has 8 nitrogen and oxygen atoms in total. The summed E-state index contributed by atoms with van der Waals surface area (Å²) in [5.74, 6) is 2.62. The summed E-state index contributed by atoms with van der Waals surface area (Å²) in [7, 11) is 3.82. The average Bonchev–Trinajstić information content (AvgIpc) is 3.17. The van der Waals surface area contributed by atoms with Crippen LogP contribution in [0.25, 0.3) is 0 Å². The third-order valence-corrected chi connectivity index (χ3v) is 4.98. The number of fused-ring (bicyclic) bond motifs is 1. The zero-order valence-electron chi connectivity index (χ0n) is 16.9. The van der Waals surface area contributed by atoms with Crippen molar-refractivity contribution in [2.24, 2.45) is 12.0 Å². The predicted molar refractivity (Wildman–Crippen MR) is 117 cm³/mol. The molecule has 3 heterocycles. The summed E-state index contributed by atoms with van der Waals surface area (Å²) in [6.07, 6.45) is 4.03. The Hall–Kier alpha value is -1.65. The van der Waals surface area contributed by atoms with Gasteiger partial charge in [-0.05, 0) is 32.6 Å². The van der Waals surface area contributed by atoms with Crippen molar-refractivity contribution in [1.29, 1.82) is 0 Å². The number of guanidine groups is 1. The maximum absolute atomic E-state index is 4.65. The van der Waals surface area contributed by atoms with E-state index in [0.717, 1.165) is 62.1 Å². The van der Waals surface area contributed by atoms with Gasteiger partial charge in [0.05, 0.1) is 11.7 Å². The van der Waals surface area contributed by atoms with Crippen LogP contribution in [-0.4, -0.2) is 37.6 Å². The normalized spacial score (nSPS) is 16.6. The SMILES string of the molecule is CCc1nn(C)c(CC)c1CNC(=NC)NC1CCCn2nc(C)nc21.I. The third-order valence-electron chi connectivity index (χ3n) is 4.98. The van der Waals surface area contributed by atoms with Gasteiger partial charge in [0.1, 0.15) is 11.6 Å². The molecule has 1 unspecified atom stereocenters. The number of aliphatic imine (C=N–C) groups is 1. The van der Waals surface area contributed by atoms with Gasteiger partial charge in [0.15, 0.2) is 5.96 Å². The zero-order chi connectivity index (χ0) is 18.7. The van der Waals surface area contributed by atoms with E-state index in [1.165, 1.54) is 11.3 Å². The van der Waals surface area contributed by atoms with Crippen molar-refractivity contribution in [3.8, 4) is 0 Å². The standard InChI is InChI=1S/C18H30N8.HI/c1-6-14-13(16(7-2)25(5)24-14)11-20-18(19-4)22-15-9-8-10-26-17(15)21-12(3)23-26;/h15H,6-11H2,1-5H3,(H2,19,20,22);1H. The molecule has 0 bridgehead atoms. The summed E-state index contributed by atoms with van der Waals surface area (Å²) in [6.45, 7) is 7.92. The highest BCUT2D eigenvalue weighted by molar-refractivity contribution is 14.0. The molecule has 2 N–H and O–H groups in total. The maximum atomic E-state index is 4.65. The fourth-order valence-electron chi connectivity index (χ4n) is 3.73. The number of nitrogens with one attached hydrogen (secondary N) is 2. The molecule has 3 rings (SSSR count). The van der Waals surface area contributed by atoms with Gasteiger partial charge in [-0.25, -0.2) is 9.67 Å². The second kappa shape index (κ2) is 9.52. The van der Waals surface area contributed by atoms with Gasteiger partial charge in [-0.1, -0.05) is 13.8 Å². The Kier molecular flexibility index (Phi) is 7.63. The molecular formula is C18H31IN8. The first-order valence-corrected chi connectivity index (χ1v) is 9.49. The van der Waals surface area contributed by atoms with Gasteiger partial charge in [-0.3, -0.25) is 9.67 Å². The maximum Gasteiger partial charge on any atom is 0.191 e. The summed E-state index contributed by atoms with van der Waals surface area (Å²) in [6, 6.07) is 0.140. The van der Waals surface area contributed by atoms with Crippen molar-refractivity contribution in [1.82, 2.24) is 35.2 Å². The number of aromatic nitrogens is 5. The van der Waals surface area contributed by atoms with E-state index in [4.69, 9.17) is 0 Å². The van der Waals surface area contributed by atoms with Crippen molar-refractivity contribution in [2.75, 3.05) is 7.05 Å². The minimum atomic E-state index is 0. The Morgan fingerprint density at radius 2 is 2.04 bits per heavy atom. The largest absolute Gasteiger partial charge is 0.352 e. The Balaban J connectivity index is 0.00000261. The first-order chi connectivity index (χ1) is 12.6. The molecule has 27 heavy (non-hydrogen) atoms. The van der Waals surface area contributed by atoms with Crippen LogP contribution in [0, 0.1) is 6.92 Å². The summed E-state index contributed by atoms with van der Waals surface area (Å²) in [5, 5.41) is 16.1. The number of halogens is 1. The topological polar surface area (TPSA) is 85.0 Å². The lowest BCUT2D eigenvalue weighted by atomic mass is 10.1. The Bertz CT molecular complexity index is 792.